The van der Waals surface area contributed by atoms with Crippen molar-refractivity contribution in [1.29, 1.82) is 0 Å². The Hall–Kier alpha value is -1.58. The molecule has 0 saturated carbocycles. The first kappa shape index (κ1) is 14.8. The number of pyridine rings is 1. The molecule has 0 fully saturated rings. The molecule has 0 bridgehead atoms. The van der Waals surface area contributed by atoms with Gasteiger partial charge in [-0.3, -0.25) is 4.79 Å². The van der Waals surface area contributed by atoms with Crippen LogP contribution in [0.25, 0.3) is 0 Å². The van der Waals surface area contributed by atoms with Crippen LogP contribution in [-0.2, 0) is 6.54 Å². The van der Waals surface area contributed by atoms with Crippen LogP contribution in [0.3, 0.4) is 0 Å². The van der Waals surface area contributed by atoms with Crippen LogP contribution >= 0.6 is 23.2 Å². The lowest BCUT2D eigenvalue weighted by atomic mass is 10.1. The van der Waals surface area contributed by atoms with E-state index < -0.39 is 0 Å². The fraction of sp³-hybridized carbons (Fsp3) is 0.200. The van der Waals surface area contributed by atoms with Crippen LogP contribution in [0.2, 0.25) is 10.3 Å². The van der Waals surface area contributed by atoms with E-state index in [4.69, 9.17) is 23.2 Å². The number of aryl methyl sites for hydroxylation is 1. The standard InChI is InChI=1S/C15H14Cl2N2O/c1-10-3-5-11(6-4-10)9-19(2)15(20)12-7-13(16)18-14(17)8-12/h3-8H,9H2,1-2H3. The molecular weight excluding hydrogens is 295 g/mol. The van der Waals surface area contributed by atoms with Crippen molar-refractivity contribution in [2.24, 2.45) is 0 Å². The van der Waals surface area contributed by atoms with Gasteiger partial charge in [-0.1, -0.05) is 53.0 Å². The van der Waals surface area contributed by atoms with Crippen molar-refractivity contribution in [2.45, 2.75) is 13.5 Å². The number of rotatable bonds is 3. The molecule has 0 radical (unpaired) electrons. The van der Waals surface area contributed by atoms with Crippen LogP contribution in [0.15, 0.2) is 36.4 Å². The number of benzene rings is 1. The summed E-state index contributed by atoms with van der Waals surface area (Å²) in [4.78, 5) is 17.7. The van der Waals surface area contributed by atoms with E-state index in [2.05, 4.69) is 4.98 Å². The Morgan fingerprint density at radius 1 is 1.15 bits per heavy atom. The SMILES string of the molecule is Cc1ccc(CN(C)C(=O)c2cc(Cl)nc(Cl)c2)cc1. The van der Waals surface area contributed by atoms with Crippen LogP contribution in [-0.4, -0.2) is 22.8 Å². The fourth-order valence-corrected chi connectivity index (χ4v) is 2.31. The number of hydrogen-bond acceptors (Lipinski definition) is 2. The Morgan fingerprint density at radius 3 is 2.25 bits per heavy atom. The van der Waals surface area contributed by atoms with Crippen molar-refractivity contribution >= 4 is 29.1 Å². The normalized spacial score (nSPS) is 10.4. The molecule has 0 aliphatic carbocycles. The molecular formula is C15H14Cl2N2O. The molecule has 0 aliphatic rings. The lowest BCUT2D eigenvalue weighted by Crippen LogP contribution is -2.26. The molecule has 2 rings (SSSR count). The summed E-state index contributed by atoms with van der Waals surface area (Å²) in [5, 5.41) is 0.425. The van der Waals surface area contributed by atoms with Gasteiger partial charge in [0.15, 0.2) is 0 Å². The summed E-state index contributed by atoms with van der Waals surface area (Å²) in [6.45, 7) is 2.55. The summed E-state index contributed by atoms with van der Waals surface area (Å²) in [5.74, 6) is -0.142. The molecule has 0 saturated heterocycles. The third kappa shape index (κ3) is 3.71. The predicted octanol–water partition coefficient (Wildman–Crippen LogP) is 3.97. The molecule has 104 valence electrons. The van der Waals surface area contributed by atoms with Crippen molar-refractivity contribution in [3.63, 3.8) is 0 Å². The molecule has 2 aromatic rings. The van der Waals surface area contributed by atoms with E-state index in [1.165, 1.54) is 17.7 Å². The Bertz CT molecular complexity index is 606. The molecule has 0 unspecified atom stereocenters. The molecule has 5 heteroatoms. The minimum atomic E-state index is -0.142. The van der Waals surface area contributed by atoms with Crippen molar-refractivity contribution in [2.75, 3.05) is 7.05 Å². The molecule has 0 N–H and O–H groups in total. The second kappa shape index (κ2) is 6.25. The summed E-state index contributed by atoms with van der Waals surface area (Å²) >= 11 is 11.6. The highest BCUT2D eigenvalue weighted by Gasteiger charge is 2.14. The highest BCUT2D eigenvalue weighted by Crippen LogP contribution is 2.17. The van der Waals surface area contributed by atoms with Gasteiger partial charge in [0.2, 0.25) is 0 Å². The van der Waals surface area contributed by atoms with E-state index in [1.807, 2.05) is 31.2 Å². The topological polar surface area (TPSA) is 33.2 Å². The summed E-state index contributed by atoms with van der Waals surface area (Å²) in [6, 6.07) is 11.1. The summed E-state index contributed by atoms with van der Waals surface area (Å²) in [7, 11) is 1.74. The molecule has 1 amide bonds. The zero-order valence-electron chi connectivity index (χ0n) is 11.2. The fourth-order valence-electron chi connectivity index (χ4n) is 1.85. The first-order chi connectivity index (χ1) is 9.45. The first-order valence-electron chi connectivity index (χ1n) is 6.10. The Labute approximate surface area is 128 Å². The second-order valence-corrected chi connectivity index (χ2v) is 5.42. The minimum absolute atomic E-state index is 0.142. The van der Waals surface area contributed by atoms with Crippen molar-refractivity contribution in [3.8, 4) is 0 Å². The molecule has 3 nitrogen and oxygen atoms in total. The summed E-state index contributed by atoms with van der Waals surface area (Å²) in [6.07, 6.45) is 0. The van der Waals surface area contributed by atoms with Gasteiger partial charge in [0.1, 0.15) is 10.3 Å². The maximum atomic E-state index is 12.3. The highest BCUT2D eigenvalue weighted by molar-refractivity contribution is 6.33. The molecule has 0 atom stereocenters. The lowest BCUT2D eigenvalue weighted by molar-refractivity contribution is 0.0785. The third-order valence-corrected chi connectivity index (χ3v) is 3.28. The van der Waals surface area contributed by atoms with Gasteiger partial charge in [-0.2, -0.15) is 0 Å². The Morgan fingerprint density at radius 2 is 1.70 bits per heavy atom. The zero-order valence-corrected chi connectivity index (χ0v) is 12.7. The number of carbonyl (C=O) groups is 1. The van der Waals surface area contributed by atoms with E-state index >= 15 is 0 Å². The maximum Gasteiger partial charge on any atom is 0.254 e. The number of hydrogen-bond donors (Lipinski definition) is 0. The number of carbonyl (C=O) groups excluding carboxylic acids is 1. The van der Waals surface area contributed by atoms with Gasteiger partial charge in [0.05, 0.1) is 0 Å². The van der Waals surface area contributed by atoms with Crippen LogP contribution in [0.1, 0.15) is 21.5 Å². The van der Waals surface area contributed by atoms with Crippen LogP contribution in [0.4, 0.5) is 0 Å². The number of amides is 1. The van der Waals surface area contributed by atoms with Gasteiger partial charge in [0, 0.05) is 19.2 Å². The molecule has 1 aromatic heterocycles. The van der Waals surface area contributed by atoms with E-state index in [9.17, 15) is 4.79 Å². The Kier molecular flexibility index (Phi) is 4.63. The van der Waals surface area contributed by atoms with Crippen LogP contribution in [0.5, 0.6) is 0 Å². The number of aromatic nitrogens is 1. The first-order valence-corrected chi connectivity index (χ1v) is 6.85. The van der Waals surface area contributed by atoms with Crippen LogP contribution in [0, 0.1) is 6.92 Å². The van der Waals surface area contributed by atoms with Gasteiger partial charge in [0.25, 0.3) is 5.91 Å². The monoisotopic (exact) mass is 308 g/mol. The average Bonchev–Trinajstić information content (AvgIpc) is 2.39. The van der Waals surface area contributed by atoms with Crippen molar-refractivity contribution in [1.82, 2.24) is 9.88 Å². The van der Waals surface area contributed by atoms with Gasteiger partial charge in [-0.25, -0.2) is 4.98 Å². The van der Waals surface area contributed by atoms with E-state index in [1.54, 1.807) is 11.9 Å². The minimum Gasteiger partial charge on any atom is -0.337 e. The summed E-state index contributed by atoms with van der Waals surface area (Å²) < 4.78 is 0. The second-order valence-electron chi connectivity index (χ2n) is 4.65. The molecule has 1 heterocycles. The largest absolute Gasteiger partial charge is 0.337 e. The van der Waals surface area contributed by atoms with Crippen molar-refractivity contribution in [3.05, 3.63) is 63.4 Å². The van der Waals surface area contributed by atoms with Gasteiger partial charge in [-0.15, -0.1) is 0 Å². The number of halogens is 2. The third-order valence-electron chi connectivity index (χ3n) is 2.90. The quantitative estimate of drug-likeness (QED) is 0.804. The van der Waals surface area contributed by atoms with Crippen molar-refractivity contribution < 1.29 is 4.79 Å². The van der Waals surface area contributed by atoms with E-state index in [-0.39, 0.29) is 16.2 Å². The Balaban J connectivity index is 2.14. The molecule has 0 aliphatic heterocycles. The van der Waals surface area contributed by atoms with Gasteiger partial charge >= 0.3 is 0 Å². The average molecular weight is 309 g/mol. The smallest absolute Gasteiger partial charge is 0.254 e. The highest BCUT2D eigenvalue weighted by atomic mass is 35.5. The van der Waals surface area contributed by atoms with Crippen LogP contribution < -0.4 is 0 Å². The maximum absolute atomic E-state index is 12.3. The molecule has 0 spiro atoms. The zero-order chi connectivity index (χ0) is 14.7. The van der Waals surface area contributed by atoms with E-state index in [0.717, 1.165) is 5.56 Å². The summed E-state index contributed by atoms with van der Waals surface area (Å²) in [5.41, 5.74) is 2.69. The molecule has 1 aromatic carbocycles. The van der Waals surface area contributed by atoms with Gasteiger partial charge < -0.3 is 4.90 Å². The lowest BCUT2D eigenvalue weighted by Gasteiger charge is -2.17. The van der Waals surface area contributed by atoms with Gasteiger partial charge in [-0.05, 0) is 24.6 Å². The predicted molar refractivity (Wildman–Crippen MR) is 81.2 cm³/mol. The van der Waals surface area contributed by atoms with E-state index in [0.29, 0.717) is 12.1 Å². The number of nitrogens with zero attached hydrogens (tertiary/aromatic N) is 2. The molecule has 20 heavy (non-hydrogen) atoms.